The number of carbonyl (C=O) groups is 2. The maximum absolute atomic E-state index is 13.0. The molecule has 5 rings (SSSR count). The fourth-order valence-corrected chi connectivity index (χ4v) is 4.90. The van der Waals surface area contributed by atoms with Crippen LogP contribution in [0.5, 0.6) is 0 Å². The highest BCUT2D eigenvalue weighted by atomic mass is 16.2. The van der Waals surface area contributed by atoms with Gasteiger partial charge >= 0.3 is 0 Å². The number of para-hydroxylation sites is 3. The van der Waals surface area contributed by atoms with Crippen molar-refractivity contribution < 1.29 is 9.59 Å². The second-order valence-corrected chi connectivity index (χ2v) is 8.93. The first-order chi connectivity index (χ1) is 16.2. The first-order valence-corrected chi connectivity index (χ1v) is 12.0. The van der Waals surface area contributed by atoms with Gasteiger partial charge in [0.1, 0.15) is 5.82 Å². The number of likely N-dealkylation sites (tertiary alicyclic amines) is 1. The monoisotopic (exact) mass is 445 g/mol. The lowest BCUT2D eigenvalue weighted by Crippen LogP contribution is -2.51. The summed E-state index contributed by atoms with van der Waals surface area (Å²) in [5.74, 6) is 1.30. The normalized spacial score (nSPS) is 17.1. The molecule has 0 bridgehead atoms. The van der Waals surface area contributed by atoms with Gasteiger partial charge in [-0.2, -0.15) is 0 Å². The molecule has 0 saturated carbocycles. The van der Waals surface area contributed by atoms with Gasteiger partial charge in [0.05, 0.1) is 17.6 Å². The van der Waals surface area contributed by atoms with Gasteiger partial charge in [-0.1, -0.05) is 30.3 Å². The number of hydrogen-bond donors (Lipinski definition) is 0. The number of rotatable bonds is 6. The number of piperazine rings is 1. The van der Waals surface area contributed by atoms with Crippen molar-refractivity contribution in [3.05, 3.63) is 60.4 Å². The van der Waals surface area contributed by atoms with Gasteiger partial charge in [-0.05, 0) is 37.1 Å². The standard InChI is InChI=1S/C26H31N5O2/c32-25(30-18-16-28(17-19-30)20-26(33)29-14-6-7-15-29)13-12-24-27-22-10-4-5-11-23(22)31(24)21-8-2-1-3-9-21/h1-5,8-11H,6-7,12-20H2. The third-order valence-electron chi connectivity index (χ3n) is 6.75. The molecule has 2 fully saturated rings. The quantitative estimate of drug-likeness (QED) is 0.585. The molecule has 33 heavy (non-hydrogen) atoms. The lowest BCUT2D eigenvalue weighted by atomic mass is 10.2. The number of hydrogen-bond acceptors (Lipinski definition) is 4. The van der Waals surface area contributed by atoms with Crippen molar-refractivity contribution >= 4 is 22.8 Å². The van der Waals surface area contributed by atoms with E-state index in [-0.39, 0.29) is 11.8 Å². The summed E-state index contributed by atoms with van der Waals surface area (Å²) in [4.78, 5) is 36.3. The van der Waals surface area contributed by atoms with Gasteiger partial charge in [0.25, 0.3) is 0 Å². The van der Waals surface area contributed by atoms with Crippen LogP contribution >= 0.6 is 0 Å². The summed E-state index contributed by atoms with van der Waals surface area (Å²) in [7, 11) is 0. The fourth-order valence-electron chi connectivity index (χ4n) is 4.90. The highest BCUT2D eigenvalue weighted by molar-refractivity contribution is 5.80. The Morgan fingerprint density at radius 2 is 1.42 bits per heavy atom. The molecule has 1 aromatic heterocycles. The minimum absolute atomic E-state index is 0.159. The third-order valence-corrected chi connectivity index (χ3v) is 6.75. The van der Waals surface area contributed by atoms with Crippen molar-refractivity contribution in [2.75, 3.05) is 45.8 Å². The summed E-state index contributed by atoms with van der Waals surface area (Å²) >= 11 is 0. The predicted octanol–water partition coefficient (Wildman–Crippen LogP) is 2.72. The van der Waals surface area contributed by atoms with Crippen molar-refractivity contribution in [2.45, 2.75) is 25.7 Å². The Kier molecular flexibility index (Phi) is 6.39. The van der Waals surface area contributed by atoms with Crippen LogP contribution in [0, 0.1) is 0 Å². The maximum atomic E-state index is 13.0. The van der Waals surface area contributed by atoms with Crippen molar-refractivity contribution in [3.8, 4) is 5.69 Å². The molecular weight excluding hydrogens is 414 g/mol. The Bertz CT molecular complexity index is 1110. The van der Waals surface area contributed by atoms with Crippen LogP contribution < -0.4 is 0 Å². The molecule has 3 aromatic rings. The summed E-state index contributed by atoms with van der Waals surface area (Å²) in [6, 6.07) is 18.3. The summed E-state index contributed by atoms with van der Waals surface area (Å²) in [5, 5.41) is 0. The number of nitrogens with zero attached hydrogens (tertiary/aromatic N) is 5. The van der Waals surface area contributed by atoms with Gasteiger partial charge in [0.15, 0.2) is 0 Å². The van der Waals surface area contributed by atoms with Crippen LogP contribution in [0.15, 0.2) is 54.6 Å². The van der Waals surface area contributed by atoms with Crippen LogP contribution in [-0.2, 0) is 16.0 Å². The van der Waals surface area contributed by atoms with Crippen LogP contribution in [-0.4, -0.2) is 81.9 Å². The molecule has 3 heterocycles. The predicted molar refractivity (Wildman–Crippen MR) is 128 cm³/mol. The van der Waals surface area contributed by atoms with Crippen LogP contribution in [0.25, 0.3) is 16.7 Å². The molecule has 0 radical (unpaired) electrons. The van der Waals surface area contributed by atoms with E-state index in [9.17, 15) is 9.59 Å². The molecule has 7 nitrogen and oxygen atoms in total. The van der Waals surface area contributed by atoms with E-state index in [1.807, 2.05) is 46.2 Å². The minimum atomic E-state index is 0.159. The molecule has 0 N–H and O–H groups in total. The first-order valence-electron chi connectivity index (χ1n) is 12.0. The van der Waals surface area contributed by atoms with E-state index in [1.54, 1.807) is 0 Å². The molecule has 2 aromatic carbocycles. The number of fused-ring (bicyclic) bond motifs is 1. The molecule has 2 aliphatic heterocycles. The highest BCUT2D eigenvalue weighted by Gasteiger charge is 2.25. The largest absolute Gasteiger partial charge is 0.342 e. The number of imidazole rings is 1. The second-order valence-electron chi connectivity index (χ2n) is 8.93. The number of carbonyl (C=O) groups excluding carboxylic acids is 2. The Balaban J connectivity index is 1.19. The van der Waals surface area contributed by atoms with Crippen molar-refractivity contribution in [3.63, 3.8) is 0 Å². The lowest BCUT2D eigenvalue weighted by Gasteiger charge is -2.35. The highest BCUT2D eigenvalue weighted by Crippen LogP contribution is 2.22. The molecule has 7 heteroatoms. The molecule has 0 atom stereocenters. The first kappa shape index (κ1) is 21.6. The molecule has 2 aliphatic rings. The number of benzene rings is 2. The van der Waals surface area contributed by atoms with Crippen molar-refractivity contribution in [2.24, 2.45) is 0 Å². The Morgan fingerprint density at radius 3 is 2.18 bits per heavy atom. The summed E-state index contributed by atoms with van der Waals surface area (Å²) < 4.78 is 2.16. The zero-order valence-electron chi connectivity index (χ0n) is 19.0. The number of aryl methyl sites for hydroxylation is 1. The van der Waals surface area contributed by atoms with Gasteiger partial charge < -0.3 is 9.80 Å². The second kappa shape index (κ2) is 9.75. The fraction of sp³-hybridized carbons (Fsp3) is 0.423. The molecule has 0 aliphatic carbocycles. The van der Waals surface area contributed by atoms with E-state index >= 15 is 0 Å². The third kappa shape index (κ3) is 4.78. The van der Waals surface area contributed by atoms with Gasteiger partial charge in [-0.15, -0.1) is 0 Å². The Labute approximate surface area is 194 Å². The molecule has 2 saturated heterocycles. The van der Waals surface area contributed by atoms with Crippen molar-refractivity contribution in [1.82, 2.24) is 24.3 Å². The van der Waals surface area contributed by atoms with E-state index in [2.05, 4.69) is 27.7 Å². The smallest absolute Gasteiger partial charge is 0.236 e. The molecular formula is C26H31N5O2. The van der Waals surface area contributed by atoms with Crippen LogP contribution in [0.4, 0.5) is 0 Å². The summed E-state index contributed by atoms with van der Waals surface area (Å²) in [6.45, 7) is 5.14. The Hall–Kier alpha value is -3.19. The van der Waals surface area contributed by atoms with E-state index in [0.717, 1.165) is 61.6 Å². The average Bonchev–Trinajstić information content (AvgIpc) is 3.52. The van der Waals surface area contributed by atoms with Crippen LogP contribution in [0.2, 0.25) is 0 Å². The van der Waals surface area contributed by atoms with Gasteiger partial charge in [-0.25, -0.2) is 4.98 Å². The van der Waals surface area contributed by atoms with E-state index in [4.69, 9.17) is 4.98 Å². The SMILES string of the molecule is O=C(CCc1nc2ccccc2n1-c1ccccc1)N1CCN(CC(=O)N2CCCC2)CC1. The number of aromatic nitrogens is 2. The van der Waals surface area contributed by atoms with Crippen molar-refractivity contribution in [1.29, 1.82) is 0 Å². The van der Waals surface area contributed by atoms with E-state index < -0.39 is 0 Å². The summed E-state index contributed by atoms with van der Waals surface area (Å²) in [6.07, 6.45) is 3.26. The molecule has 2 amide bonds. The van der Waals surface area contributed by atoms with E-state index in [0.29, 0.717) is 32.5 Å². The van der Waals surface area contributed by atoms with Gasteiger partial charge in [0, 0.05) is 57.8 Å². The number of amides is 2. The van der Waals surface area contributed by atoms with Crippen LogP contribution in [0.3, 0.4) is 0 Å². The topological polar surface area (TPSA) is 61.7 Å². The Morgan fingerprint density at radius 1 is 0.758 bits per heavy atom. The molecule has 0 spiro atoms. The van der Waals surface area contributed by atoms with Gasteiger partial charge in [-0.3, -0.25) is 19.1 Å². The molecule has 0 unspecified atom stereocenters. The minimum Gasteiger partial charge on any atom is -0.342 e. The van der Waals surface area contributed by atoms with E-state index in [1.165, 1.54) is 0 Å². The zero-order chi connectivity index (χ0) is 22.6. The molecule has 172 valence electrons. The zero-order valence-corrected chi connectivity index (χ0v) is 19.0. The van der Waals surface area contributed by atoms with Crippen LogP contribution in [0.1, 0.15) is 25.1 Å². The van der Waals surface area contributed by atoms with Gasteiger partial charge in [0.2, 0.25) is 11.8 Å². The average molecular weight is 446 g/mol. The lowest BCUT2D eigenvalue weighted by molar-refractivity contribution is -0.134. The summed E-state index contributed by atoms with van der Waals surface area (Å²) in [5.41, 5.74) is 3.06. The maximum Gasteiger partial charge on any atom is 0.236 e.